The van der Waals surface area contributed by atoms with Gasteiger partial charge >= 0.3 is 6.09 Å². The number of benzene rings is 1. The van der Waals surface area contributed by atoms with Crippen LogP contribution in [0, 0.1) is 6.92 Å². The molecule has 16 heavy (non-hydrogen) atoms. The van der Waals surface area contributed by atoms with Crippen LogP contribution in [-0.2, 0) is 6.42 Å². The van der Waals surface area contributed by atoms with Gasteiger partial charge in [0.05, 0.1) is 0 Å². The molecule has 1 amide bonds. The summed E-state index contributed by atoms with van der Waals surface area (Å²) in [6.07, 6.45) is -0.354. The zero-order valence-electron chi connectivity index (χ0n) is 8.95. The largest absolute Gasteiger partial charge is 0.465 e. The Hall–Kier alpha value is -1.91. The molecule has 86 valence electrons. The summed E-state index contributed by atoms with van der Waals surface area (Å²) in [5, 5.41) is 10.8. The van der Waals surface area contributed by atoms with E-state index in [0.717, 1.165) is 22.6 Å². The Bertz CT molecular complexity index is 417. The minimum absolute atomic E-state index is 0.256. The van der Waals surface area contributed by atoms with Crippen LogP contribution < -0.4 is 14.8 Å². The summed E-state index contributed by atoms with van der Waals surface area (Å²) < 4.78 is 10.5. The molecule has 2 N–H and O–H groups in total. The zero-order chi connectivity index (χ0) is 11.5. The number of amides is 1. The van der Waals surface area contributed by atoms with E-state index in [0.29, 0.717) is 13.0 Å². The van der Waals surface area contributed by atoms with E-state index in [-0.39, 0.29) is 6.79 Å². The lowest BCUT2D eigenvalue weighted by Crippen LogP contribution is -2.23. The van der Waals surface area contributed by atoms with Crippen molar-refractivity contribution >= 4 is 6.09 Å². The van der Waals surface area contributed by atoms with Crippen LogP contribution in [0.5, 0.6) is 11.5 Å². The Morgan fingerprint density at radius 3 is 2.81 bits per heavy atom. The molecule has 0 unspecified atom stereocenters. The molecule has 0 radical (unpaired) electrons. The van der Waals surface area contributed by atoms with Gasteiger partial charge in [-0.05, 0) is 36.6 Å². The molecule has 1 aliphatic rings. The van der Waals surface area contributed by atoms with Crippen LogP contribution in [0.25, 0.3) is 0 Å². The van der Waals surface area contributed by atoms with Crippen LogP contribution >= 0.6 is 0 Å². The average molecular weight is 223 g/mol. The van der Waals surface area contributed by atoms with Crippen molar-refractivity contribution < 1.29 is 19.4 Å². The van der Waals surface area contributed by atoms with Crippen LogP contribution in [0.4, 0.5) is 4.79 Å². The first kappa shape index (κ1) is 10.6. The van der Waals surface area contributed by atoms with E-state index in [2.05, 4.69) is 5.32 Å². The summed E-state index contributed by atoms with van der Waals surface area (Å²) in [7, 11) is 0. The second-order valence-corrected chi connectivity index (χ2v) is 3.61. The van der Waals surface area contributed by atoms with Crippen molar-refractivity contribution in [3.8, 4) is 11.5 Å². The third-order valence-corrected chi connectivity index (χ3v) is 2.50. The Kier molecular flexibility index (Phi) is 2.85. The molecule has 5 heteroatoms. The lowest BCUT2D eigenvalue weighted by atomic mass is 10.0. The highest BCUT2D eigenvalue weighted by molar-refractivity contribution is 5.64. The third kappa shape index (κ3) is 2.18. The van der Waals surface area contributed by atoms with Crippen LogP contribution in [0.3, 0.4) is 0 Å². The van der Waals surface area contributed by atoms with E-state index in [4.69, 9.17) is 14.6 Å². The summed E-state index contributed by atoms with van der Waals surface area (Å²) >= 11 is 0. The van der Waals surface area contributed by atoms with Crippen molar-refractivity contribution in [3.63, 3.8) is 0 Å². The maximum atomic E-state index is 10.3. The molecule has 0 spiro atoms. The first-order chi connectivity index (χ1) is 7.66. The van der Waals surface area contributed by atoms with Crippen LogP contribution in [0.1, 0.15) is 11.1 Å². The molecule has 0 bridgehead atoms. The number of ether oxygens (including phenoxy) is 2. The first-order valence-corrected chi connectivity index (χ1v) is 5.03. The van der Waals surface area contributed by atoms with Gasteiger partial charge < -0.3 is 19.9 Å². The number of rotatable bonds is 3. The highest BCUT2D eigenvalue weighted by Gasteiger charge is 2.15. The second-order valence-electron chi connectivity index (χ2n) is 3.61. The molecule has 0 atom stereocenters. The van der Waals surface area contributed by atoms with E-state index in [1.807, 2.05) is 19.1 Å². The Morgan fingerprint density at radius 2 is 2.12 bits per heavy atom. The van der Waals surface area contributed by atoms with Crippen molar-refractivity contribution in [3.05, 3.63) is 23.3 Å². The molecule has 2 rings (SSSR count). The normalized spacial score (nSPS) is 12.6. The number of fused-ring (bicyclic) bond motifs is 1. The SMILES string of the molecule is Cc1cc2c(cc1CCNC(=O)O)OCO2. The predicted molar refractivity (Wildman–Crippen MR) is 57.0 cm³/mol. The molecule has 0 saturated heterocycles. The van der Waals surface area contributed by atoms with Crippen LogP contribution in [0.2, 0.25) is 0 Å². The van der Waals surface area contributed by atoms with Crippen molar-refractivity contribution in [1.82, 2.24) is 5.32 Å². The minimum atomic E-state index is -1.00. The van der Waals surface area contributed by atoms with Gasteiger partial charge in [-0.15, -0.1) is 0 Å². The van der Waals surface area contributed by atoms with Crippen molar-refractivity contribution in [2.45, 2.75) is 13.3 Å². The first-order valence-electron chi connectivity index (χ1n) is 5.03. The van der Waals surface area contributed by atoms with Crippen molar-refractivity contribution in [2.75, 3.05) is 13.3 Å². The standard InChI is InChI=1S/C11H13NO4/c1-7-4-9-10(16-6-15-9)5-8(7)2-3-12-11(13)14/h4-5,12H,2-3,6H2,1H3,(H,13,14). The number of hydrogen-bond acceptors (Lipinski definition) is 3. The molecule has 0 saturated carbocycles. The summed E-state index contributed by atoms with van der Waals surface area (Å²) in [5.41, 5.74) is 2.15. The number of carboxylic acid groups (broad SMARTS) is 1. The fourth-order valence-corrected chi connectivity index (χ4v) is 1.66. The van der Waals surface area contributed by atoms with Crippen LogP contribution in [-0.4, -0.2) is 24.5 Å². The summed E-state index contributed by atoms with van der Waals surface area (Å²) in [5.74, 6) is 1.49. The van der Waals surface area contributed by atoms with Gasteiger partial charge in [-0.3, -0.25) is 0 Å². The van der Waals surface area contributed by atoms with Crippen molar-refractivity contribution in [2.24, 2.45) is 0 Å². The third-order valence-electron chi connectivity index (χ3n) is 2.50. The fourth-order valence-electron chi connectivity index (χ4n) is 1.66. The Morgan fingerprint density at radius 1 is 1.44 bits per heavy atom. The monoisotopic (exact) mass is 223 g/mol. The highest BCUT2D eigenvalue weighted by Crippen LogP contribution is 2.34. The van der Waals surface area contributed by atoms with Crippen molar-refractivity contribution in [1.29, 1.82) is 0 Å². The molecule has 5 nitrogen and oxygen atoms in total. The molecule has 1 aromatic rings. The van der Waals surface area contributed by atoms with Gasteiger partial charge in [-0.1, -0.05) is 0 Å². The number of aryl methyl sites for hydroxylation is 1. The molecule has 0 fully saturated rings. The molecule has 1 heterocycles. The van der Waals surface area contributed by atoms with Gasteiger partial charge in [0.1, 0.15) is 0 Å². The highest BCUT2D eigenvalue weighted by atomic mass is 16.7. The molecule has 0 aliphatic carbocycles. The van der Waals surface area contributed by atoms with E-state index >= 15 is 0 Å². The Labute approximate surface area is 93.0 Å². The molecular formula is C11H13NO4. The topological polar surface area (TPSA) is 67.8 Å². The maximum absolute atomic E-state index is 10.3. The van der Waals surface area contributed by atoms with E-state index in [9.17, 15) is 4.79 Å². The number of nitrogens with one attached hydrogen (secondary N) is 1. The fraction of sp³-hybridized carbons (Fsp3) is 0.364. The van der Waals surface area contributed by atoms with Gasteiger partial charge in [0.15, 0.2) is 11.5 Å². The van der Waals surface area contributed by atoms with E-state index in [1.54, 1.807) is 0 Å². The molecule has 1 aromatic carbocycles. The van der Waals surface area contributed by atoms with Gasteiger partial charge in [-0.2, -0.15) is 0 Å². The zero-order valence-corrected chi connectivity index (χ0v) is 8.95. The molecule has 1 aliphatic heterocycles. The maximum Gasteiger partial charge on any atom is 0.404 e. The van der Waals surface area contributed by atoms with Gasteiger partial charge in [0, 0.05) is 6.54 Å². The molecular weight excluding hydrogens is 210 g/mol. The summed E-state index contributed by atoms with van der Waals surface area (Å²) in [6.45, 7) is 2.62. The average Bonchev–Trinajstić information content (AvgIpc) is 2.64. The number of carbonyl (C=O) groups is 1. The van der Waals surface area contributed by atoms with Gasteiger partial charge in [0.25, 0.3) is 0 Å². The van der Waals surface area contributed by atoms with Crippen LogP contribution in [0.15, 0.2) is 12.1 Å². The van der Waals surface area contributed by atoms with Gasteiger partial charge in [-0.25, -0.2) is 4.79 Å². The predicted octanol–water partition coefficient (Wildman–Crippen LogP) is 1.53. The quantitative estimate of drug-likeness (QED) is 0.815. The smallest absolute Gasteiger partial charge is 0.404 e. The summed E-state index contributed by atoms with van der Waals surface area (Å²) in [4.78, 5) is 10.3. The molecule has 0 aromatic heterocycles. The summed E-state index contributed by atoms with van der Waals surface area (Å²) in [6, 6.07) is 3.82. The number of hydrogen-bond donors (Lipinski definition) is 2. The van der Waals surface area contributed by atoms with E-state index in [1.165, 1.54) is 0 Å². The second kappa shape index (κ2) is 4.30. The minimum Gasteiger partial charge on any atom is -0.465 e. The van der Waals surface area contributed by atoms with E-state index < -0.39 is 6.09 Å². The lowest BCUT2D eigenvalue weighted by Gasteiger charge is -2.07. The lowest BCUT2D eigenvalue weighted by molar-refractivity contribution is 0.174. The Balaban J connectivity index is 2.06. The van der Waals surface area contributed by atoms with Gasteiger partial charge in [0.2, 0.25) is 6.79 Å².